The average molecular weight is 315 g/mol. The maximum absolute atomic E-state index is 13.4. The number of hydrogen-bond donors (Lipinski definition) is 1. The van der Waals surface area contributed by atoms with E-state index in [-0.39, 0.29) is 5.82 Å². The molecule has 0 bridgehead atoms. The minimum absolute atomic E-state index is 0.351. The van der Waals surface area contributed by atoms with E-state index in [9.17, 15) is 14.3 Å². The number of piperidine rings is 1. The molecule has 0 amide bonds. The predicted octanol–water partition coefficient (Wildman–Crippen LogP) is 3.03. The first kappa shape index (κ1) is 15.4. The second kappa shape index (κ2) is 6.32. The summed E-state index contributed by atoms with van der Waals surface area (Å²) in [5.41, 5.74) is 1.31. The molecular formula is C17H18FN3O2. The smallest absolute Gasteiger partial charge is 0.326 e. The molecule has 2 heterocycles. The van der Waals surface area contributed by atoms with Crippen molar-refractivity contribution in [1.29, 1.82) is 0 Å². The van der Waals surface area contributed by atoms with Crippen molar-refractivity contribution in [3.8, 4) is 11.4 Å². The van der Waals surface area contributed by atoms with Gasteiger partial charge < -0.3 is 10.0 Å². The van der Waals surface area contributed by atoms with Gasteiger partial charge in [-0.2, -0.15) is 0 Å². The van der Waals surface area contributed by atoms with Crippen LogP contribution in [0.5, 0.6) is 0 Å². The molecule has 1 atom stereocenters. The number of hydrogen-bond acceptors (Lipinski definition) is 4. The van der Waals surface area contributed by atoms with Crippen LogP contribution in [0.15, 0.2) is 30.3 Å². The van der Waals surface area contributed by atoms with Crippen LogP contribution in [0.2, 0.25) is 0 Å². The summed E-state index contributed by atoms with van der Waals surface area (Å²) in [6.07, 6.45) is 2.43. The molecule has 0 radical (unpaired) electrons. The number of anilines is 1. The Labute approximate surface area is 133 Å². The molecule has 23 heavy (non-hydrogen) atoms. The molecule has 1 aliphatic rings. The van der Waals surface area contributed by atoms with E-state index in [0.29, 0.717) is 30.2 Å². The molecule has 120 valence electrons. The van der Waals surface area contributed by atoms with Crippen molar-refractivity contribution in [2.75, 3.05) is 11.4 Å². The highest BCUT2D eigenvalue weighted by atomic mass is 19.1. The minimum atomic E-state index is -0.840. The quantitative estimate of drug-likeness (QED) is 0.943. The molecule has 0 saturated carbocycles. The van der Waals surface area contributed by atoms with Gasteiger partial charge in [-0.05, 0) is 38.3 Å². The summed E-state index contributed by atoms with van der Waals surface area (Å²) < 4.78 is 13.4. The third-order valence-electron chi connectivity index (χ3n) is 4.01. The zero-order valence-electron chi connectivity index (χ0n) is 12.9. The minimum Gasteiger partial charge on any atom is -0.480 e. The highest BCUT2D eigenvalue weighted by Crippen LogP contribution is 2.26. The van der Waals surface area contributed by atoms with E-state index in [1.165, 1.54) is 12.1 Å². The fourth-order valence-electron chi connectivity index (χ4n) is 2.92. The van der Waals surface area contributed by atoms with Gasteiger partial charge in [0.05, 0.1) is 0 Å². The van der Waals surface area contributed by atoms with Crippen molar-refractivity contribution in [2.45, 2.75) is 32.2 Å². The van der Waals surface area contributed by atoms with E-state index >= 15 is 0 Å². The maximum atomic E-state index is 13.4. The summed E-state index contributed by atoms with van der Waals surface area (Å²) >= 11 is 0. The average Bonchev–Trinajstić information content (AvgIpc) is 2.54. The molecule has 1 N–H and O–H groups in total. The van der Waals surface area contributed by atoms with Crippen LogP contribution in [-0.2, 0) is 4.79 Å². The number of carboxylic acid groups (broad SMARTS) is 1. The van der Waals surface area contributed by atoms with Gasteiger partial charge in [-0.1, -0.05) is 12.1 Å². The molecule has 3 rings (SSSR count). The van der Waals surface area contributed by atoms with Crippen molar-refractivity contribution in [1.82, 2.24) is 9.97 Å². The summed E-state index contributed by atoms with van der Waals surface area (Å²) in [6.45, 7) is 2.48. The lowest BCUT2D eigenvalue weighted by atomic mass is 10.0. The molecule has 1 unspecified atom stereocenters. The number of rotatable bonds is 3. The first-order valence-electron chi connectivity index (χ1n) is 7.65. The Morgan fingerprint density at radius 2 is 2.13 bits per heavy atom. The third kappa shape index (κ3) is 3.31. The summed E-state index contributed by atoms with van der Waals surface area (Å²) in [4.78, 5) is 22.1. The number of aryl methyl sites for hydroxylation is 1. The van der Waals surface area contributed by atoms with Gasteiger partial charge in [-0.25, -0.2) is 19.2 Å². The van der Waals surface area contributed by atoms with Crippen LogP contribution in [0.25, 0.3) is 11.4 Å². The van der Waals surface area contributed by atoms with Gasteiger partial charge in [0, 0.05) is 23.9 Å². The fraction of sp³-hybridized carbons (Fsp3) is 0.353. The number of carboxylic acids is 1. The number of benzene rings is 1. The normalized spacial score (nSPS) is 18.0. The van der Waals surface area contributed by atoms with Crippen molar-refractivity contribution in [2.24, 2.45) is 0 Å². The van der Waals surface area contributed by atoms with Crippen LogP contribution >= 0.6 is 0 Å². The predicted molar refractivity (Wildman–Crippen MR) is 84.8 cm³/mol. The van der Waals surface area contributed by atoms with Gasteiger partial charge in [0.15, 0.2) is 5.82 Å². The van der Waals surface area contributed by atoms with E-state index in [1.807, 2.05) is 11.8 Å². The Morgan fingerprint density at radius 3 is 2.87 bits per heavy atom. The topological polar surface area (TPSA) is 66.3 Å². The lowest BCUT2D eigenvalue weighted by Gasteiger charge is -2.34. The molecule has 1 saturated heterocycles. The number of carbonyl (C=O) groups is 1. The Morgan fingerprint density at radius 1 is 1.30 bits per heavy atom. The van der Waals surface area contributed by atoms with Gasteiger partial charge in [-0.15, -0.1) is 0 Å². The molecule has 1 aromatic carbocycles. The molecular weight excluding hydrogens is 297 g/mol. The first-order valence-corrected chi connectivity index (χ1v) is 7.65. The maximum Gasteiger partial charge on any atom is 0.326 e. The molecule has 0 aliphatic carbocycles. The summed E-state index contributed by atoms with van der Waals surface area (Å²) in [6, 6.07) is 7.31. The monoisotopic (exact) mass is 315 g/mol. The Kier molecular flexibility index (Phi) is 4.23. The number of halogens is 1. The SMILES string of the molecule is Cc1cc(N2CCCCC2C(=O)O)nc(-c2cccc(F)c2)n1. The summed E-state index contributed by atoms with van der Waals surface area (Å²) in [5, 5.41) is 9.43. The van der Waals surface area contributed by atoms with Crippen molar-refractivity contribution >= 4 is 11.8 Å². The number of nitrogens with zero attached hydrogens (tertiary/aromatic N) is 3. The summed E-state index contributed by atoms with van der Waals surface area (Å²) in [7, 11) is 0. The second-order valence-electron chi connectivity index (χ2n) is 5.74. The number of aliphatic carboxylic acids is 1. The standard InChI is InChI=1S/C17H18FN3O2/c1-11-9-15(21-8-3-2-7-14(21)17(22)23)20-16(19-11)12-5-4-6-13(18)10-12/h4-6,9-10,14H,2-3,7-8H2,1H3,(H,22,23). The van der Waals surface area contributed by atoms with E-state index in [4.69, 9.17) is 0 Å². The molecule has 6 heteroatoms. The molecule has 1 aromatic heterocycles. The molecule has 1 aliphatic heterocycles. The Hall–Kier alpha value is -2.50. The third-order valence-corrected chi connectivity index (χ3v) is 4.01. The zero-order chi connectivity index (χ0) is 16.4. The van der Waals surface area contributed by atoms with Gasteiger partial charge in [0.2, 0.25) is 0 Å². The van der Waals surface area contributed by atoms with Gasteiger partial charge in [-0.3, -0.25) is 0 Å². The highest BCUT2D eigenvalue weighted by Gasteiger charge is 2.29. The Bertz CT molecular complexity index is 736. The van der Waals surface area contributed by atoms with Crippen LogP contribution in [0, 0.1) is 12.7 Å². The second-order valence-corrected chi connectivity index (χ2v) is 5.74. The first-order chi connectivity index (χ1) is 11.0. The van der Waals surface area contributed by atoms with Crippen LogP contribution in [0.4, 0.5) is 10.2 Å². The van der Waals surface area contributed by atoms with Crippen molar-refractivity contribution < 1.29 is 14.3 Å². The molecule has 2 aromatic rings. The fourth-order valence-corrected chi connectivity index (χ4v) is 2.92. The largest absolute Gasteiger partial charge is 0.480 e. The van der Waals surface area contributed by atoms with Crippen LogP contribution in [0.3, 0.4) is 0 Å². The highest BCUT2D eigenvalue weighted by molar-refractivity contribution is 5.78. The van der Waals surface area contributed by atoms with Crippen molar-refractivity contribution in [3.05, 3.63) is 41.8 Å². The van der Waals surface area contributed by atoms with Crippen LogP contribution in [-0.4, -0.2) is 33.6 Å². The van der Waals surface area contributed by atoms with E-state index < -0.39 is 12.0 Å². The van der Waals surface area contributed by atoms with Gasteiger partial charge in [0.25, 0.3) is 0 Å². The van der Waals surface area contributed by atoms with Gasteiger partial charge >= 0.3 is 5.97 Å². The van der Waals surface area contributed by atoms with Crippen molar-refractivity contribution in [3.63, 3.8) is 0 Å². The lowest BCUT2D eigenvalue weighted by molar-refractivity contribution is -0.139. The zero-order valence-corrected chi connectivity index (χ0v) is 12.9. The van der Waals surface area contributed by atoms with Gasteiger partial charge in [0.1, 0.15) is 17.7 Å². The van der Waals surface area contributed by atoms with E-state index in [1.54, 1.807) is 18.2 Å². The Balaban J connectivity index is 2.01. The molecule has 1 fully saturated rings. The summed E-state index contributed by atoms with van der Waals surface area (Å²) in [5.74, 6) is -0.193. The van der Waals surface area contributed by atoms with E-state index in [2.05, 4.69) is 9.97 Å². The van der Waals surface area contributed by atoms with Crippen LogP contribution < -0.4 is 4.90 Å². The molecule has 0 spiro atoms. The van der Waals surface area contributed by atoms with E-state index in [0.717, 1.165) is 18.5 Å². The molecule has 5 nitrogen and oxygen atoms in total. The lowest BCUT2D eigenvalue weighted by Crippen LogP contribution is -2.45. The number of aromatic nitrogens is 2. The van der Waals surface area contributed by atoms with Crippen LogP contribution in [0.1, 0.15) is 25.0 Å².